The van der Waals surface area contributed by atoms with Crippen LogP contribution in [0.3, 0.4) is 0 Å². The topological polar surface area (TPSA) is 18.5 Å². The second-order valence-corrected chi connectivity index (χ2v) is 14.3. The van der Waals surface area contributed by atoms with Crippen molar-refractivity contribution in [2.24, 2.45) is 16.7 Å². The summed E-state index contributed by atoms with van der Waals surface area (Å²) in [6.07, 6.45) is 35.4. The summed E-state index contributed by atoms with van der Waals surface area (Å²) in [6.45, 7) is 22.4. The maximum Gasteiger partial charge on any atom is 0.164 e. The Hall–Kier alpha value is -2.84. The van der Waals surface area contributed by atoms with E-state index in [2.05, 4.69) is 148 Å². The molecule has 2 nitrogen and oxygen atoms in total. The minimum Gasteiger partial charge on any atom is -0.337 e. The van der Waals surface area contributed by atoms with Gasteiger partial charge in [0.15, 0.2) is 5.76 Å². The zero-order valence-corrected chi connectivity index (χ0v) is 28.1. The molecule has 42 heavy (non-hydrogen) atoms. The predicted octanol–water partition coefficient (Wildman–Crippen LogP) is 12.0. The number of rotatable bonds is 9. The summed E-state index contributed by atoms with van der Waals surface area (Å²) < 4.78 is 0. The molecule has 0 aromatic carbocycles. The molecule has 1 saturated carbocycles. The summed E-state index contributed by atoms with van der Waals surface area (Å²) in [5.41, 5.74) is 8.06. The molecular weight excluding hydrogens is 512 g/mol. The first-order chi connectivity index (χ1) is 19.7. The maximum atomic E-state index is 5.96. The molecule has 0 spiro atoms. The largest absolute Gasteiger partial charge is 0.337 e. The lowest BCUT2D eigenvalue weighted by Gasteiger charge is -2.50. The Morgan fingerprint density at radius 1 is 0.738 bits per heavy atom. The summed E-state index contributed by atoms with van der Waals surface area (Å²) in [6, 6.07) is 0. The molecular formula is C40H56O2. The smallest absolute Gasteiger partial charge is 0.164 e. The first kappa shape index (κ1) is 33.7. The van der Waals surface area contributed by atoms with Crippen LogP contribution in [-0.2, 0) is 9.78 Å². The van der Waals surface area contributed by atoms with Gasteiger partial charge in [-0.3, -0.25) is 0 Å². The lowest BCUT2D eigenvalue weighted by Crippen LogP contribution is -2.49. The van der Waals surface area contributed by atoms with E-state index in [1.165, 1.54) is 54.4 Å². The van der Waals surface area contributed by atoms with E-state index in [1.54, 1.807) is 5.57 Å². The van der Waals surface area contributed by atoms with Crippen molar-refractivity contribution in [3.05, 3.63) is 118 Å². The van der Waals surface area contributed by atoms with Crippen molar-refractivity contribution < 1.29 is 9.78 Å². The number of fused-ring (bicyclic) bond motifs is 1. The molecule has 0 saturated heterocycles. The molecule has 2 unspecified atom stereocenters. The molecule has 228 valence electrons. The number of hydrogen-bond acceptors (Lipinski definition) is 2. The van der Waals surface area contributed by atoms with E-state index < -0.39 is 0 Å². The van der Waals surface area contributed by atoms with Crippen molar-refractivity contribution in [2.45, 2.75) is 113 Å². The molecule has 0 radical (unpaired) electrons. The van der Waals surface area contributed by atoms with Gasteiger partial charge in [0, 0.05) is 5.92 Å². The van der Waals surface area contributed by atoms with Gasteiger partial charge in [0.05, 0.1) is 0 Å². The second kappa shape index (κ2) is 14.6. The van der Waals surface area contributed by atoms with E-state index in [0.717, 1.165) is 17.8 Å². The Kier molecular flexibility index (Phi) is 11.7. The van der Waals surface area contributed by atoms with Crippen molar-refractivity contribution >= 4 is 0 Å². The fraction of sp³-hybridized carbons (Fsp3) is 0.500. The molecule has 1 aliphatic heterocycles. The van der Waals surface area contributed by atoms with Gasteiger partial charge in [-0.1, -0.05) is 123 Å². The van der Waals surface area contributed by atoms with E-state index in [1.807, 2.05) is 0 Å². The monoisotopic (exact) mass is 568 g/mol. The van der Waals surface area contributed by atoms with Crippen molar-refractivity contribution in [1.82, 2.24) is 0 Å². The molecule has 0 N–H and O–H groups in total. The molecule has 3 rings (SSSR count). The Balaban J connectivity index is 1.53. The standard InChI is InChI=1S/C40H56O2/c1-30(19-13-20-32(3)24-25-35-33(4)23-15-26-38(35,6)7)17-11-12-18-31(2)21-14-22-34(5)36-29-37-39(8,9)27-16-28-40(37,10)42-41-36/h11-14,17-22,24-25,29,37H,15-16,23,26-28H2,1-10H3/b12-11+,19-13+,21-14+,25-24+,30-17+,31-18+,32-20+,34-22+. The predicted molar refractivity (Wildman–Crippen MR) is 182 cm³/mol. The number of hydrogen-bond donors (Lipinski definition) is 0. The molecule has 1 heterocycles. The van der Waals surface area contributed by atoms with E-state index in [-0.39, 0.29) is 16.4 Å². The molecule has 0 aromatic rings. The van der Waals surface area contributed by atoms with Crippen LogP contribution in [0.4, 0.5) is 0 Å². The Morgan fingerprint density at radius 2 is 1.33 bits per heavy atom. The average molecular weight is 569 g/mol. The molecule has 3 aliphatic rings. The third-order valence-electron chi connectivity index (χ3n) is 9.33. The molecule has 1 fully saturated rings. The highest BCUT2D eigenvalue weighted by Gasteiger charge is 2.50. The Labute approximate surface area is 257 Å². The summed E-state index contributed by atoms with van der Waals surface area (Å²) in [5, 5.41) is 0. The highest BCUT2D eigenvalue weighted by Crippen LogP contribution is 2.51. The summed E-state index contributed by atoms with van der Waals surface area (Å²) in [4.78, 5) is 11.7. The molecule has 2 aliphatic carbocycles. The lowest BCUT2D eigenvalue weighted by molar-refractivity contribution is -0.364. The first-order valence-corrected chi connectivity index (χ1v) is 15.9. The van der Waals surface area contributed by atoms with Gasteiger partial charge in [0.1, 0.15) is 5.60 Å². The van der Waals surface area contributed by atoms with Gasteiger partial charge < -0.3 is 4.89 Å². The van der Waals surface area contributed by atoms with Crippen LogP contribution in [0, 0.1) is 16.7 Å². The van der Waals surface area contributed by atoms with Crippen LogP contribution in [0.1, 0.15) is 108 Å². The van der Waals surface area contributed by atoms with Crippen LogP contribution >= 0.6 is 0 Å². The van der Waals surface area contributed by atoms with Crippen LogP contribution in [0.2, 0.25) is 0 Å². The number of allylic oxidation sites excluding steroid dienone is 18. The fourth-order valence-corrected chi connectivity index (χ4v) is 6.63. The van der Waals surface area contributed by atoms with Gasteiger partial charge in [0.25, 0.3) is 0 Å². The van der Waals surface area contributed by atoms with Crippen LogP contribution in [0.25, 0.3) is 0 Å². The zero-order chi connectivity index (χ0) is 31.0. The van der Waals surface area contributed by atoms with Crippen LogP contribution in [0.15, 0.2) is 118 Å². The minimum absolute atomic E-state index is 0.211. The van der Waals surface area contributed by atoms with E-state index in [4.69, 9.17) is 9.78 Å². The molecule has 2 heteroatoms. The van der Waals surface area contributed by atoms with Gasteiger partial charge in [-0.05, 0) is 108 Å². The fourth-order valence-electron chi connectivity index (χ4n) is 6.63. The molecule has 0 aromatic heterocycles. The SMILES string of the molecule is CC1=C(/C=C/C(C)=C/C=C/C(C)=C/C=C/C=C(C)/C=C/C=C(\C)C2=CC3C(C)(C)CCCC3(C)OO2)C(C)(C)CCC1. The quantitative estimate of drug-likeness (QED) is 0.203. The lowest BCUT2D eigenvalue weighted by atomic mass is 9.61. The molecule has 0 amide bonds. The van der Waals surface area contributed by atoms with Gasteiger partial charge in [0.2, 0.25) is 0 Å². The van der Waals surface area contributed by atoms with Gasteiger partial charge in [-0.2, -0.15) is 4.89 Å². The highest BCUT2D eigenvalue weighted by molar-refractivity contribution is 5.38. The highest BCUT2D eigenvalue weighted by atomic mass is 17.2. The average Bonchev–Trinajstić information content (AvgIpc) is 2.90. The van der Waals surface area contributed by atoms with Gasteiger partial charge in [-0.15, -0.1) is 0 Å². The summed E-state index contributed by atoms with van der Waals surface area (Å²) >= 11 is 0. The van der Waals surface area contributed by atoms with Crippen molar-refractivity contribution in [3.8, 4) is 0 Å². The third-order valence-corrected chi connectivity index (χ3v) is 9.33. The third kappa shape index (κ3) is 9.33. The van der Waals surface area contributed by atoms with Crippen LogP contribution in [0.5, 0.6) is 0 Å². The second-order valence-electron chi connectivity index (χ2n) is 14.3. The Bertz CT molecular complexity index is 1280. The van der Waals surface area contributed by atoms with E-state index in [0.29, 0.717) is 5.92 Å². The summed E-state index contributed by atoms with van der Waals surface area (Å²) in [5.74, 6) is 1.19. The van der Waals surface area contributed by atoms with Crippen molar-refractivity contribution in [2.75, 3.05) is 0 Å². The molecule has 2 atom stereocenters. The summed E-state index contributed by atoms with van der Waals surface area (Å²) in [7, 11) is 0. The van der Waals surface area contributed by atoms with E-state index in [9.17, 15) is 0 Å². The van der Waals surface area contributed by atoms with Gasteiger partial charge >= 0.3 is 0 Å². The maximum absolute atomic E-state index is 5.96. The molecule has 0 bridgehead atoms. The minimum atomic E-state index is -0.230. The normalized spacial score (nSPS) is 27.8. The van der Waals surface area contributed by atoms with Gasteiger partial charge in [-0.25, -0.2) is 0 Å². The van der Waals surface area contributed by atoms with E-state index >= 15 is 0 Å². The Morgan fingerprint density at radius 3 is 1.98 bits per heavy atom. The van der Waals surface area contributed by atoms with Crippen LogP contribution in [-0.4, -0.2) is 5.60 Å². The first-order valence-electron chi connectivity index (χ1n) is 15.9. The van der Waals surface area contributed by atoms with Crippen LogP contribution < -0.4 is 0 Å². The zero-order valence-electron chi connectivity index (χ0n) is 28.1. The van der Waals surface area contributed by atoms with Crippen molar-refractivity contribution in [1.29, 1.82) is 0 Å². The van der Waals surface area contributed by atoms with Crippen molar-refractivity contribution in [3.63, 3.8) is 0 Å².